The maximum absolute atomic E-state index is 13.9. The number of alkyl halides is 3. The van der Waals surface area contributed by atoms with Gasteiger partial charge in [0.05, 0.1) is 19.3 Å². The number of nitrogens with zero attached hydrogens (tertiary/aromatic N) is 1. The average Bonchev–Trinajstić information content (AvgIpc) is 3.03. The van der Waals surface area contributed by atoms with Crippen LogP contribution in [-0.4, -0.2) is 55.9 Å². The summed E-state index contributed by atoms with van der Waals surface area (Å²) in [5, 5.41) is 4.27. The maximum atomic E-state index is 13.9. The van der Waals surface area contributed by atoms with Crippen molar-refractivity contribution in [3.8, 4) is 11.5 Å². The molecule has 13 heteroatoms. The van der Waals surface area contributed by atoms with E-state index in [9.17, 15) is 27.6 Å². The van der Waals surface area contributed by atoms with Gasteiger partial charge in [-0.1, -0.05) is 28.1 Å². The molecule has 0 saturated heterocycles. The molecule has 2 amide bonds. The van der Waals surface area contributed by atoms with Crippen LogP contribution in [0.2, 0.25) is 0 Å². The summed E-state index contributed by atoms with van der Waals surface area (Å²) in [6.07, 6.45) is -6.87. The highest BCUT2D eigenvalue weighted by Gasteiger charge is 2.43. The summed E-state index contributed by atoms with van der Waals surface area (Å²) in [6.45, 7) is 2.67. The number of methoxy groups -OCH3 is 1. The molecule has 9 nitrogen and oxygen atoms in total. The Labute approximate surface area is 241 Å². The zero-order chi connectivity index (χ0) is 30.1. The number of benzene rings is 3. The fraction of sp³-hybridized carbons (Fsp3) is 0.321. The van der Waals surface area contributed by atoms with Crippen molar-refractivity contribution in [3.05, 3.63) is 64.1 Å². The van der Waals surface area contributed by atoms with E-state index in [1.54, 1.807) is 12.1 Å². The monoisotopic (exact) mass is 637 g/mol. The van der Waals surface area contributed by atoms with E-state index in [0.29, 0.717) is 22.7 Å². The Morgan fingerprint density at radius 3 is 2.59 bits per heavy atom. The molecule has 0 spiro atoms. The molecule has 3 N–H and O–H groups in total. The van der Waals surface area contributed by atoms with Crippen LogP contribution in [0.5, 0.6) is 11.5 Å². The number of aryl methyl sites for hydroxylation is 1. The summed E-state index contributed by atoms with van der Waals surface area (Å²) in [5.74, 6) is -3.09. The Morgan fingerprint density at radius 2 is 1.90 bits per heavy atom. The molecule has 0 fully saturated rings. The molecule has 1 heterocycles. The van der Waals surface area contributed by atoms with Crippen LogP contribution in [0, 0.1) is 6.92 Å². The number of esters is 1. The molecular formula is C28H27BrF3N3O6. The molecule has 0 unspecified atom stereocenters. The Hall–Kier alpha value is -3.84. The van der Waals surface area contributed by atoms with Gasteiger partial charge in [0, 0.05) is 10.0 Å². The third kappa shape index (κ3) is 6.73. The standard InChI is InChI=1S/C28H27BrF3N3O6/c1-14-4-7-21-23(8-14)40-13-20(34-25(36)24(33)15(2)41-27(38)28(30,31)32)26(37)35(21)12-18-9-17-10-19(29)6-5-16(17)11-22(18)39-3/h4-11,15,20,24H,12-13,33H2,1-3H3,(H,34,36)/t15-,20+,24+/m1/s1. The van der Waals surface area contributed by atoms with Gasteiger partial charge in [-0.3, -0.25) is 9.59 Å². The number of nitrogens with one attached hydrogen (secondary N) is 1. The van der Waals surface area contributed by atoms with Crippen LogP contribution in [0.1, 0.15) is 18.1 Å². The van der Waals surface area contributed by atoms with Gasteiger partial charge in [0.25, 0.3) is 5.91 Å². The van der Waals surface area contributed by atoms with Crippen molar-refractivity contribution in [1.29, 1.82) is 0 Å². The molecule has 218 valence electrons. The van der Waals surface area contributed by atoms with E-state index in [4.69, 9.17) is 15.2 Å². The van der Waals surface area contributed by atoms with Crippen molar-refractivity contribution in [3.63, 3.8) is 0 Å². The number of hydrogen-bond acceptors (Lipinski definition) is 7. The van der Waals surface area contributed by atoms with E-state index in [1.807, 2.05) is 43.3 Å². The Kier molecular flexibility index (Phi) is 8.78. The number of anilines is 1. The van der Waals surface area contributed by atoms with E-state index in [1.165, 1.54) is 12.0 Å². The second-order valence-electron chi connectivity index (χ2n) is 9.56. The van der Waals surface area contributed by atoms with Crippen molar-refractivity contribution < 1.29 is 41.8 Å². The lowest BCUT2D eigenvalue weighted by Gasteiger charge is -2.27. The number of amides is 2. The van der Waals surface area contributed by atoms with Gasteiger partial charge >= 0.3 is 12.1 Å². The van der Waals surface area contributed by atoms with Crippen molar-refractivity contribution >= 4 is 50.2 Å². The van der Waals surface area contributed by atoms with Crippen LogP contribution in [0.15, 0.2) is 53.0 Å². The summed E-state index contributed by atoms with van der Waals surface area (Å²) in [7, 11) is 1.52. The van der Waals surface area contributed by atoms with Crippen LogP contribution in [0.3, 0.4) is 0 Å². The average molecular weight is 638 g/mol. The predicted molar refractivity (Wildman–Crippen MR) is 148 cm³/mol. The summed E-state index contributed by atoms with van der Waals surface area (Å²) >= 11 is 3.47. The Balaban J connectivity index is 1.63. The van der Waals surface area contributed by atoms with Gasteiger partial charge in [0.15, 0.2) is 0 Å². The number of rotatable bonds is 7. The summed E-state index contributed by atoms with van der Waals surface area (Å²) in [6, 6.07) is 11.8. The minimum atomic E-state index is -5.25. The number of hydrogen-bond donors (Lipinski definition) is 2. The molecule has 0 radical (unpaired) electrons. The molecule has 0 saturated carbocycles. The van der Waals surface area contributed by atoms with Crippen LogP contribution >= 0.6 is 15.9 Å². The maximum Gasteiger partial charge on any atom is 0.490 e. The Morgan fingerprint density at radius 1 is 1.17 bits per heavy atom. The first kappa shape index (κ1) is 30.1. The molecule has 0 bridgehead atoms. The second-order valence-corrected chi connectivity index (χ2v) is 10.5. The Bertz CT molecular complexity index is 1500. The fourth-order valence-corrected chi connectivity index (χ4v) is 4.73. The lowest BCUT2D eigenvalue weighted by molar-refractivity contribution is -0.204. The number of ether oxygens (including phenoxy) is 3. The number of fused-ring (bicyclic) bond motifs is 2. The molecule has 3 aromatic rings. The van der Waals surface area contributed by atoms with Crippen LogP contribution < -0.4 is 25.4 Å². The van der Waals surface area contributed by atoms with Gasteiger partial charge < -0.3 is 30.2 Å². The smallest absolute Gasteiger partial charge is 0.490 e. The number of carbonyl (C=O) groups is 3. The van der Waals surface area contributed by atoms with Gasteiger partial charge in [0.1, 0.15) is 36.3 Å². The predicted octanol–water partition coefficient (Wildman–Crippen LogP) is 4.15. The third-order valence-electron chi connectivity index (χ3n) is 6.56. The van der Waals surface area contributed by atoms with E-state index in [0.717, 1.165) is 27.7 Å². The van der Waals surface area contributed by atoms with Gasteiger partial charge in [-0.25, -0.2) is 4.79 Å². The molecular weight excluding hydrogens is 611 g/mol. The summed E-state index contributed by atoms with van der Waals surface area (Å²) < 4.78 is 54.4. The van der Waals surface area contributed by atoms with Crippen LogP contribution in [0.4, 0.5) is 18.9 Å². The zero-order valence-electron chi connectivity index (χ0n) is 22.3. The first-order valence-corrected chi connectivity index (χ1v) is 13.2. The van der Waals surface area contributed by atoms with Crippen molar-refractivity contribution in [2.75, 3.05) is 18.6 Å². The van der Waals surface area contributed by atoms with E-state index in [-0.39, 0.29) is 13.2 Å². The molecule has 4 rings (SSSR count). The molecule has 0 aliphatic carbocycles. The quantitative estimate of drug-likeness (QED) is 0.374. The molecule has 41 heavy (non-hydrogen) atoms. The summed E-state index contributed by atoms with van der Waals surface area (Å²) in [4.78, 5) is 39.3. The van der Waals surface area contributed by atoms with Crippen molar-refractivity contribution in [2.45, 2.75) is 44.8 Å². The lowest BCUT2D eigenvalue weighted by atomic mass is 10.0. The zero-order valence-corrected chi connectivity index (χ0v) is 23.8. The van der Waals surface area contributed by atoms with E-state index < -0.39 is 42.1 Å². The number of carbonyl (C=O) groups excluding carboxylic acids is 3. The first-order chi connectivity index (χ1) is 19.3. The SMILES string of the molecule is COc1cc2ccc(Br)cc2cc1CN1C(=O)[C@@H](NC(=O)[C@@H](N)[C@@H](C)OC(=O)C(F)(F)F)COc2cc(C)ccc21. The minimum Gasteiger partial charge on any atom is -0.496 e. The fourth-order valence-electron chi connectivity index (χ4n) is 4.35. The molecule has 1 aliphatic rings. The highest BCUT2D eigenvalue weighted by atomic mass is 79.9. The lowest BCUT2D eigenvalue weighted by Crippen LogP contribution is -2.57. The van der Waals surface area contributed by atoms with Gasteiger partial charge in [0.2, 0.25) is 5.91 Å². The minimum absolute atomic E-state index is 0.0436. The largest absolute Gasteiger partial charge is 0.496 e. The van der Waals surface area contributed by atoms with Gasteiger partial charge in [-0.2, -0.15) is 13.2 Å². The molecule has 3 atom stereocenters. The molecule has 0 aromatic heterocycles. The number of halogens is 4. The third-order valence-corrected chi connectivity index (χ3v) is 7.05. The van der Waals surface area contributed by atoms with Crippen molar-refractivity contribution in [1.82, 2.24) is 5.32 Å². The van der Waals surface area contributed by atoms with Crippen LogP contribution in [-0.2, 0) is 25.7 Å². The normalized spacial score (nSPS) is 16.7. The summed E-state index contributed by atoms with van der Waals surface area (Å²) in [5.41, 5.74) is 7.77. The molecule has 1 aliphatic heterocycles. The van der Waals surface area contributed by atoms with Gasteiger partial charge in [-0.05, 0) is 66.6 Å². The second kappa shape index (κ2) is 12.0. The first-order valence-electron chi connectivity index (χ1n) is 12.4. The topological polar surface area (TPSA) is 120 Å². The highest BCUT2D eigenvalue weighted by Crippen LogP contribution is 2.36. The van der Waals surface area contributed by atoms with Gasteiger partial charge in [-0.15, -0.1) is 0 Å². The van der Waals surface area contributed by atoms with E-state index in [2.05, 4.69) is 26.0 Å². The highest BCUT2D eigenvalue weighted by molar-refractivity contribution is 9.10. The number of nitrogens with two attached hydrogens (primary N) is 1. The van der Waals surface area contributed by atoms with E-state index >= 15 is 0 Å². The van der Waals surface area contributed by atoms with Crippen LogP contribution in [0.25, 0.3) is 10.8 Å². The molecule has 3 aromatic carbocycles. The van der Waals surface area contributed by atoms with Crippen molar-refractivity contribution in [2.24, 2.45) is 5.73 Å².